The number of hydrogen-bond donors (Lipinski definition) is 1. The molecule has 0 aliphatic rings. The highest BCUT2D eigenvalue weighted by molar-refractivity contribution is 5.66. The molecule has 0 fully saturated rings. The Hall–Kier alpha value is -4.77. The number of rotatable bonds is 9. The van der Waals surface area contributed by atoms with Gasteiger partial charge in [-0.2, -0.15) is 20.7 Å². The minimum Gasteiger partial charge on any atom is -0.487 e. The van der Waals surface area contributed by atoms with Gasteiger partial charge >= 0.3 is 0 Å². The smallest absolute Gasteiger partial charge is 0.227 e. The molecular weight excluding hydrogens is 444 g/mol. The summed E-state index contributed by atoms with van der Waals surface area (Å²) in [5.74, 6) is 0.895. The molecule has 0 radical (unpaired) electrons. The molecule has 0 saturated carbocycles. The maximum Gasteiger partial charge on any atom is 0.227 e. The van der Waals surface area contributed by atoms with Crippen LogP contribution in [0.1, 0.15) is 26.3 Å². The summed E-state index contributed by atoms with van der Waals surface area (Å²) in [5.41, 5.74) is 2.25. The molecule has 0 saturated heterocycles. The van der Waals surface area contributed by atoms with E-state index in [1.165, 1.54) is 6.33 Å². The van der Waals surface area contributed by atoms with Crippen molar-refractivity contribution >= 4 is 11.6 Å². The van der Waals surface area contributed by atoms with Crippen molar-refractivity contribution in [1.29, 1.82) is 10.5 Å². The molecule has 1 N–H and O–H groups in total. The first-order valence-electron chi connectivity index (χ1n) is 10.9. The van der Waals surface area contributed by atoms with E-state index in [9.17, 15) is 10.5 Å². The van der Waals surface area contributed by atoms with Gasteiger partial charge in [-0.15, -0.1) is 0 Å². The highest BCUT2D eigenvalue weighted by Gasteiger charge is 2.18. The Balaban J connectivity index is 1.45. The summed E-state index contributed by atoms with van der Waals surface area (Å²) < 4.78 is 9.41. The molecule has 35 heavy (non-hydrogen) atoms. The average Bonchev–Trinajstić information content (AvgIpc) is 3.51. The van der Waals surface area contributed by atoms with Gasteiger partial charge in [-0.25, -0.2) is 19.6 Å². The summed E-state index contributed by atoms with van der Waals surface area (Å²) in [5, 5.41) is 30.2. The van der Waals surface area contributed by atoms with E-state index < -0.39 is 5.41 Å². The maximum atomic E-state index is 9.49. The van der Waals surface area contributed by atoms with Gasteiger partial charge in [-0.05, 0) is 38.5 Å². The Morgan fingerprint density at radius 2 is 1.89 bits per heavy atom. The summed E-state index contributed by atoms with van der Waals surface area (Å²) in [4.78, 5) is 12.7. The van der Waals surface area contributed by atoms with Crippen LogP contribution in [-0.2, 0) is 13.1 Å². The highest BCUT2D eigenvalue weighted by Crippen LogP contribution is 2.28. The van der Waals surface area contributed by atoms with Crippen molar-refractivity contribution in [3.8, 4) is 29.0 Å². The molecule has 11 heteroatoms. The molecule has 176 valence electrons. The largest absolute Gasteiger partial charge is 0.487 e. The topological polar surface area (TPSA) is 143 Å². The Morgan fingerprint density at radius 1 is 1.09 bits per heavy atom. The predicted molar refractivity (Wildman–Crippen MR) is 127 cm³/mol. The van der Waals surface area contributed by atoms with Gasteiger partial charge in [0.25, 0.3) is 0 Å². The van der Waals surface area contributed by atoms with Gasteiger partial charge in [-0.3, -0.25) is 4.68 Å². The second-order valence-corrected chi connectivity index (χ2v) is 8.71. The fourth-order valence-electron chi connectivity index (χ4n) is 3.36. The third-order valence-electron chi connectivity index (χ3n) is 5.08. The van der Waals surface area contributed by atoms with Crippen LogP contribution in [0.5, 0.6) is 5.75 Å². The molecular formula is C24H24N10O. The first-order valence-corrected chi connectivity index (χ1v) is 10.9. The number of hydrogen-bond acceptors (Lipinski definition) is 9. The van der Waals surface area contributed by atoms with Gasteiger partial charge in [0.1, 0.15) is 30.6 Å². The standard InChI is InChI=1S/C24H24N10O/c1-17(11-34-16-27-15-31-34)35-22-6-18(4-5-19(22)7-25)20-8-28-23(29-9-20)32-21-10-30-33(12-21)14-24(2,3)13-26/h4-6,8-10,12,15-17H,11,14H2,1-3H3,(H,28,29,32). The van der Waals surface area contributed by atoms with E-state index in [4.69, 9.17) is 4.74 Å². The molecule has 11 nitrogen and oxygen atoms in total. The summed E-state index contributed by atoms with van der Waals surface area (Å²) in [6, 6.07) is 9.79. The van der Waals surface area contributed by atoms with E-state index in [1.54, 1.807) is 46.5 Å². The summed E-state index contributed by atoms with van der Waals surface area (Å²) in [7, 11) is 0. The first-order chi connectivity index (χ1) is 16.8. The maximum absolute atomic E-state index is 9.49. The van der Waals surface area contributed by atoms with Gasteiger partial charge in [0.2, 0.25) is 5.95 Å². The molecule has 1 atom stereocenters. The second kappa shape index (κ2) is 10.0. The third-order valence-corrected chi connectivity index (χ3v) is 5.08. The van der Waals surface area contributed by atoms with E-state index in [0.29, 0.717) is 30.4 Å². The third kappa shape index (κ3) is 5.97. The second-order valence-electron chi connectivity index (χ2n) is 8.71. The van der Waals surface area contributed by atoms with Crippen molar-refractivity contribution in [2.45, 2.75) is 40.0 Å². The number of nitriles is 2. The summed E-state index contributed by atoms with van der Waals surface area (Å²) in [6.07, 6.45) is 9.73. The van der Waals surface area contributed by atoms with Crippen LogP contribution in [0.3, 0.4) is 0 Å². The van der Waals surface area contributed by atoms with Crippen molar-refractivity contribution < 1.29 is 4.74 Å². The lowest BCUT2D eigenvalue weighted by Gasteiger charge is -2.16. The minimum absolute atomic E-state index is 0.221. The van der Waals surface area contributed by atoms with Crippen LogP contribution in [0, 0.1) is 28.1 Å². The van der Waals surface area contributed by atoms with Crippen LogP contribution >= 0.6 is 0 Å². The van der Waals surface area contributed by atoms with Gasteiger partial charge < -0.3 is 10.1 Å². The van der Waals surface area contributed by atoms with Crippen molar-refractivity contribution in [3.63, 3.8) is 0 Å². The molecule has 4 aromatic rings. The molecule has 0 bridgehead atoms. The van der Waals surface area contributed by atoms with E-state index >= 15 is 0 Å². The van der Waals surface area contributed by atoms with Crippen molar-refractivity contribution in [1.82, 2.24) is 34.5 Å². The average molecular weight is 469 g/mol. The Kier molecular flexibility index (Phi) is 6.69. The molecule has 3 heterocycles. The highest BCUT2D eigenvalue weighted by atomic mass is 16.5. The first kappa shape index (κ1) is 23.4. The molecule has 0 spiro atoms. The van der Waals surface area contributed by atoms with Crippen LogP contribution in [0.25, 0.3) is 11.1 Å². The zero-order chi connectivity index (χ0) is 24.8. The van der Waals surface area contributed by atoms with Gasteiger partial charge in [0, 0.05) is 24.2 Å². The number of nitrogens with one attached hydrogen (secondary N) is 1. The van der Waals surface area contributed by atoms with Crippen LogP contribution in [0.4, 0.5) is 11.6 Å². The molecule has 0 amide bonds. The normalized spacial score (nSPS) is 11.9. The molecule has 0 aliphatic heterocycles. The van der Waals surface area contributed by atoms with Crippen LogP contribution in [0.2, 0.25) is 0 Å². The Morgan fingerprint density at radius 3 is 2.57 bits per heavy atom. The Labute approximate surface area is 202 Å². The number of benzene rings is 1. The number of ether oxygens (including phenoxy) is 1. The molecule has 3 aromatic heterocycles. The number of nitrogens with zero attached hydrogens (tertiary/aromatic N) is 9. The van der Waals surface area contributed by atoms with Gasteiger partial charge in [0.15, 0.2) is 0 Å². The van der Waals surface area contributed by atoms with E-state index in [-0.39, 0.29) is 6.10 Å². The minimum atomic E-state index is -0.515. The van der Waals surface area contributed by atoms with Crippen molar-refractivity contribution in [2.75, 3.05) is 5.32 Å². The van der Waals surface area contributed by atoms with E-state index in [2.05, 4.69) is 42.6 Å². The molecule has 1 aromatic carbocycles. The molecule has 0 aliphatic carbocycles. The molecule has 4 rings (SSSR count). The van der Waals surface area contributed by atoms with E-state index in [1.807, 2.05) is 32.9 Å². The lowest BCUT2D eigenvalue weighted by Crippen LogP contribution is -2.20. The van der Waals surface area contributed by atoms with Crippen LogP contribution < -0.4 is 10.1 Å². The number of anilines is 2. The SMILES string of the molecule is CC(Cn1cncn1)Oc1cc(-c2cnc(Nc3cnn(CC(C)(C)C#N)c3)nc2)ccc1C#N. The lowest BCUT2D eigenvalue weighted by molar-refractivity contribution is 0.193. The van der Waals surface area contributed by atoms with E-state index in [0.717, 1.165) is 16.8 Å². The van der Waals surface area contributed by atoms with Crippen molar-refractivity contribution in [3.05, 3.63) is 61.2 Å². The molecule has 1 unspecified atom stereocenters. The number of aromatic nitrogens is 7. The quantitative estimate of drug-likeness (QED) is 0.390. The van der Waals surface area contributed by atoms with Crippen LogP contribution in [0.15, 0.2) is 55.6 Å². The summed E-state index contributed by atoms with van der Waals surface area (Å²) >= 11 is 0. The summed E-state index contributed by atoms with van der Waals surface area (Å²) in [6.45, 7) is 6.61. The van der Waals surface area contributed by atoms with Gasteiger partial charge in [-0.1, -0.05) is 6.07 Å². The zero-order valence-corrected chi connectivity index (χ0v) is 19.6. The zero-order valence-electron chi connectivity index (χ0n) is 19.6. The fraction of sp³-hybridized carbons (Fsp3) is 0.292. The Bertz CT molecular complexity index is 1360. The predicted octanol–water partition coefficient (Wildman–Crippen LogP) is 3.56. The lowest BCUT2D eigenvalue weighted by atomic mass is 9.96. The monoisotopic (exact) mass is 468 g/mol. The van der Waals surface area contributed by atoms with Crippen molar-refractivity contribution in [2.24, 2.45) is 5.41 Å². The fourth-order valence-corrected chi connectivity index (χ4v) is 3.36. The van der Waals surface area contributed by atoms with Crippen LogP contribution in [-0.4, -0.2) is 40.6 Å². The van der Waals surface area contributed by atoms with Gasteiger partial charge in [0.05, 0.1) is 42.0 Å².